The van der Waals surface area contributed by atoms with E-state index in [0.29, 0.717) is 21.9 Å². The number of Topliss-reactive ketones (excluding diaryl/α,β-unsaturated/α-hetero) is 2. The van der Waals surface area contributed by atoms with E-state index >= 15 is 0 Å². The summed E-state index contributed by atoms with van der Waals surface area (Å²) in [7, 11) is 1.53. The minimum Gasteiger partial charge on any atom is -0.497 e. The smallest absolute Gasteiger partial charge is 0.306 e. The molecule has 0 N–H and O–H groups in total. The Morgan fingerprint density at radius 3 is 2.12 bits per heavy atom. The lowest BCUT2D eigenvalue weighted by Crippen LogP contribution is -2.15. The van der Waals surface area contributed by atoms with Gasteiger partial charge in [-0.2, -0.15) is 0 Å². The Morgan fingerprint density at radius 1 is 0.846 bits per heavy atom. The van der Waals surface area contributed by atoms with Crippen molar-refractivity contribution in [3.8, 4) is 5.75 Å². The lowest BCUT2D eigenvalue weighted by molar-refractivity contribution is -0.142. The molecule has 5 nitrogen and oxygen atoms in total. The summed E-state index contributed by atoms with van der Waals surface area (Å²) in [5.74, 6) is -0.583. The van der Waals surface area contributed by atoms with Crippen molar-refractivity contribution in [2.75, 3.05) is 13.7 Å². The van der Waals surface area contributed by atoms with Crippen molar-refractivity contribution in [1.29, 1.82) is 0 Å². The topological polar surface area (TPSA) is 69.7 Å². The number of carbonyl (C=O) groups is 3. The maximum atomic E-state index is 12.0. The van der Waals surface area contributed by atoms with Gasteiger partial charge < -0.3 is 9.47 Å². The highest BCUT2D eigenvalue weighted by molar-refractivity contribution is 6.42. The number of benzene rings is 2. The Kier molecular flexibility index (Phi) is 7.18. The average molecular weight is 395 g/mol. The monoisotopic (exact) mass is 394 g/mol. The quantitative estimate of drug-likeness (QED) is 0.490. The molecule has 0 radical (unpaired) electrons. The van der Waals surface area contributed by atoms with Crippen molar-refractivity contribution in [2.24, 2.45) is 0 Å². The van der Waals surface area contributed by atoms with Crippen molar-refractivity contribution < 1.29 is 23.9 Å². The molecule has 0 atom stereocenters. The lowest BCUT2D eigenvalue weighted by atomic mass is 10.1. The summed E-state index contributed by atoms with van der Waals surface area (Å²) < 4.78 is 9.93. The molecule has 0 unspecified atom stereocenters. The molecule has 136 valence electrons. The van der Waals surface area contributed by atoms with Crippen LogP contribution in [0.1, 0.15) is 33.6 Å². The van der Waals surface area contributed by atoms with Crippen LogP contribution in [0.15, 0.2) is 42.5 Å². The molecule has 0 heterocycles. The van der Waals surface area contributed by atoms with E-state index in [9.17, 15) is 14.4 Å². The van der Waals surface area contributed by atoms with Gasteiger partial charge in [0.25, 0.3) is 0 Å². The van der Waals surface area contributed by atoms with E-state index in [1.807, 2.05) is 0 Å². The summed E-state index contributed by atoms with van der Waals surface area (Å²) in [4.78, 5) is 35.8. The minimum atomic E-state index is -0.625. The van der Waals surface area contributed by atoms with E-state index in [-0.39, 0.29) is 23.6 Å². The van der Waals surface area contributed by atoms with Crippen LogP contribution < -0.4 is 4.74 Å². The van der Waals surface area contributed by atoms with Gasteiger partial charge in [-0.1, -0.05) is 23.2 Å². The molecule has 7 heteroatoms. The number of halogens is 2. The fraction of sp³-hybridized carbons (Fsp3) is 0.211. The predicted octanol–water partition coefficient (Wildman–Crippen LogP) is 4.39. The minimum absolute atomic E-state index is 0.00781. The molecule has 0 aliphatic heterocycles. The molecule has 0 saturated heterocycles. The highest BCUT2D eigenvalue weighted by atomic mass is 35.5. The number of rotatable bonds is 8. The van der Waals surface area contributed by atoms with Crippen molar-refractivity contribution in [3.05, 3.63) is 63.6 Å². The van der Waals surface area contributed by atoms with Crippen molar-refractivity contribution in [3.63, 3.8) is 0 Å². The predicted molar refractivity (Wildman–Crippen MR) is 98.3 cm³/mol. The zero-order valence-corrected chi connectivity index (χ0v) is 15.5. The zero-order chi connectivity index (χ0) is 19.1. The zero-order valence-electron chi connectivity index (χ0n) is 14.0. The Labute approximate surface area is 160 Å². The number of esters is 1. The van der Waals surface area contributed by atoms with Gasteiger partial charge in [0, 0.05) is 17.5 Å². The second kappa shape index (κ2) is 9.36. The molecular formula is C19H16Cl2O5. The van der Waals surface area contributed by atoms with E-state index in [1.165, 1.54) is 25.3 Å². The van der Waals surface area contributed by atoms with Crippen molar-refractivity contribution in [1.82, 2.24) is 0 Å². The molecule has 2 rings (SSSR count). The Morgan fingerprint density at radius 2 is 1.50 bits per heavy atom. The molecule has 26 heavy (non-hydrogen) atoms. The second-order valence-corrected chi connectivity index (χ2v) is 6.18. The number of methoxy groups -OCH3 is 1. The standard InChI is InChI=1S/C19H16Cl2O5/c1-25-14-5-2-12(3-6-14)17(22)8-9-19(24)26-11-18(23)13-4-7-15(20)16(21)10-13/h2-7,10H,8-9,11H2,1H3. The number of ketones is 2. The molecule has 0 spiro atoms. The number of hydrogen-bond donors (Lipinski definition) is 0. The Hall–Kier alpha value is -2.37. The van der Waals surface area contributed by atoms with Gasteiger partial charge >= 0.3 is 5.97 Å². The Bertz CT molecular complexity index is 815. The number of carbonyl (C=O) groups excluding carboxylic acids is 3. The van der Waals surface area contributed by atoms with Crippen LogP contribution >= 0.6 is 23.2 Å². The van der Waals surface area contributed by atoms with Crippen LogP contribution in [0, 0.1) is 0 Å². The van der Waals surface area contributed by atoms with E-state index < -0.39 is 18.4 Å². The van der Waals surface area contributed by atoms with Gasteiger partial charge in [-0.3, -0.25) is 14.4 Å². The molecule has 0 bridgehead atoms. The fourth-order valence-electron chi connectivity index (χ4n) is 2.11. The normalized spacial score (nSPS) is 10.3. The third-order valence-corrected chi connectivity index (χ3v) is 4.31. The highest BCUT2D eigenvalue weighted by Crippen LogP contribution is 2.22. The molecule has 0 fully saturated rings. The average Bonchev–Trinajstić information content (AvgIpc) is 2.66. The van der Waals surface area contributed by atoms with Gasteiger partial charge in [-0.05, 0) is 42.5 Å². The van der Waals surface area contributed by atoms with Crippen LogP contribution in [0.2, 0.25) is 10.0 Å². The van der Waals surface area contributed by atoms with Crippen LogP contribution in [0.5, 0.6) is 5.75 Å². The van der Waals surface area contributed by atoms with E-state index in [4.69, 9.17) is 32.7 Å². The van der Waals surface area contributed by atoms with Gasteiger partial charge in [-0.25, -0.2) is 0 Å². The molecule has 0 aliphatic carbocycles. The second-order valence-electron chi connectivity index (χ2n) is 5.36. The largest absolute Gasteiger partial charge is 0.497 e. The Balaban J connectivity index is 1.79. The maximum absolute atomic E-state index is 12.0. The van der Waals surface area contributed by atoms with Crippen molar-refractivity contribution >= 4 is 40.7 Å². The summed E-state index contributed by atoms with van der Waals surface area (Å²) in [6.45, 7) is -0.423. The first kappa shape index (κ1) is 19.9. The van der Waals surface area contributed by atoms with E-state index in [0.717, 1.165) is 0 Å². The molecule has 2 aromatic carbocycles. The third kappa shape index (κ3) is 5.58. The first-order valence-corrected chi connectivity index (χ1v) is 8.47. The first-order valence-electron chi connectivity index (χ1n) is 7.72. The maximum Gasteiger partial charge on any atom is 0.306 e. The fourth-order valence-corrected chi connectivity index (χ4v) is 2.41. The van der Waals surface area contributed by atoms with Gasteiger partial charge in [-0.15, -0.1) is 0 Å². The van der Waals surface area contributed by atoms with Gasteiger partial charge in [0.15, 0.2) is 18.2 Å². The van der Waals surface area contributed by atoms with Gasteiger partial charge in [0.1, 0.15) is 5.75 Å². The van der Waals surface area contributed by atoms with E-state index in [1.54, 1.807) is 24.3 Å². The highest BCUT2D eigenvalue weighted by Gasteiger charge is 2.14. The van der Waals surface area contributed by atoms with E-state index in [2.05, 4.69) is 0 Å². The molecule has 2 aromatic rings. The summed E-state index contributed by atoms with van der Waals surface area (Å²) in [5, 5.41) is 0.575. The van der Waals surface area contributed by atoms with Crippen LogP contribution in [0.4, 0.5) is 0 Å². The molecular weight excluding hydrogens is 379 g/mol. The van der Waals surface area contributed by atoms with Crippen LogP contribution in [-0.2, 0) is 9.53 Å². The van der Waals surface area contributed by atoms with Crippen molar-refractivity contribution in [2.45, 2.75) is 12.8 Å². The first-order chi connectivity index (χ1) is 12.4. The summed E-state index contributed by atoms with van der Waals surface area (Å²) in [6.07, 6.45) is -0.119. The van der Waals surface area contributed by atoms with Crippen LogP contribution in [0.3, 0.4) is 0 Å². The molecule has 0 saturated carbocycles. The summed E-state index contributed by atoms with van der Waals surface area (Å²) in [6, 6.07) is 11.0. The molecule has 0 aliphatic rings. The summed E-state index contributed by atoms with van der Waals surface area (Å²) in [5.41, 5.74) is 0.770. The lowest BCUT2D eigenvalue weighted by Gasteiger charge is -2.06. The number of hydrogen-bond acceptors (Lipinski definition) is 5. The van der Waals surface area contributed by atoms with Crippen LogP contribution in [0.25, 0.3) is 0 Å². The van der Waals surface area contributed by atoms with Gasteiger partial charge in [0.2, 0.25) is 0 Å². The van der Waals surface area contributed by atoms with Gasteiger partial charge in [0.05, 0.1) is 23.6 Å². The number of ether oxygens (including phenoxy) is 2. The SMILES string of the molecule is COc1ccc(C(=O)CCC(=O)OCC(=O)c2ccc(Cl)c(Cl)c2)cc1. The third-order valence-electron chi connectivity index (χ3n) is 3.57. The summed E-state index contributed by atoms with van der Waals surface area (Å²) >= 11 is 11.6. The molecule has 0 amide bonds. The van der Waals surface area contributed by atoms with Crippen LogP contribution in [-0.4, -0.2) is 31.3 Å². The molecule has 0 aromatic heterocycles.